The summed E-state index contributed by atoms with van der Waals surface area (Å²) in [5.74, 6) is 3.55. The second-order valence-electron chi connectivity index (χ2n) is 7.79. The van der Waals surface area contributed by atoms with Crippen molar-refractivity contribution in [2.75, 3.05) is 32.1 Å². The smallest absolute Gasteiger partial charge is 0.246 e. The van der Waals surface area contributed by atoms with Crippen molar-refractivity contribution in [1.29, 1.82) is 0 Å². The molecule has 1 saturated heterocycles. The molecule has 2 aliphatic rings. The van der Waals surface area contributed by atoms with Gasteiger partial charge >= 0.3 is 0 Å². The molecule has 3 aromatic rings. The lowest BCUT2D eigenvalue weighted by atomic mass is 10.1. The molecule has 7 nitrogen and oxygen atoms in total. The van der Waals surface area contributed by atoms with Gasteiger partial charge in [0.05, 0.1) is 19.9 Å². The predicted octanol–water partition coefficient (Wildman–Crippen LogP) is 4.04. The minimum Gasteiger partial charge on any atom is -0.497 e. The van der Waals surface area contributed by atoms with Crippen molar-refractivity contribution in [3.8, 4) is 34.5 Å². The Morgan fingerprint density at radius 1 is 1.16 bits per heavy atom. The Labute approximate surface area is 181 Å². The van der Waals surface area contributed by atoms with E-state index >= 15 is 0 Å². The molecule has 160 valence electrons. The van der Waals surface area contributed by atoms with E-state index in [2.05, 4.69) is 21.7 Å². The number of methoxy groups -OCH3 is 1. The molecule has 5 rings (SSSR count). The fourth-order valence-electron chi connectivity index (χ4n) is 3.95. The quantitative estimate of drug-likeness (QED) is 0.599. The Hall–Kier alpha value is -3.32. The lowest BCUT2D eigenvalue weighted by Gasteiger charge is -2.16. The summed E-state index contributed by atoms with van der Waals surface area (Å²) in [5, 5.41) is 6.96. The molecule has 2 aromatic carbocycles. The van der Waals surface area contributed by atoms with Crippen LogP contribution in [0.5, 0.6) is 23.1 Å². The lowest BCUT2D eigenvalue weighted by Crippen LogP contribution is -2.29. The second kappa shape index (κ2) is 8.81. The molecule has 2 N–H and O–H groups in total. The molecule has 7 heteroatoms. The van der Waals surface area contributed by atoms with Gasteiger partial charge in [-0.15, -0.1) is 0 Å². The molecule has 0 bridgehead atoms. The fourth-order valence-corrected chi connectivity index (χ4v) is 3.95. The molecule has 3 heterocycles. The molecule has 0 radical (unpaired) electrons. The molecule has 1 atom stereocenters. The first-order valence-electron chi connectivity index (χ1n) is 10.7. The number of nitrogens with zero attached hydrogens (tertiary/aromatic N) is 2. The number of rotatable bonds is 7. The van der Waals surface area contributed by atoms with E-state index in [9.17, 15) is 0 Å². The molecule has 0 aliphatic carbocycles. The number of benzene rings is 2. The fraction of sp³-hybridized carbons (Fsp3) is 0.333. The number of aromatic nitrogens is 2. The molecule has 31 heavy (non-hydrogen) atoms. The van der Waals surface area contributed by atoms with Crippen LogP contribution in [0.1, 0.15) is 18.4 Å². The molecular formula is C24H26N4O3. The average molecular weight is 418 g/mol. The minimum absolute atomic E-state index is 0.449. The zero-order chi connectivity index (χ0) is 21.0. The summed E-state index contributed by atoms with van der Waals surface area (Å²) in [4.78, 5) is 9.38. The molecule has 1 aromatic heterocycles. The van der Waals surface area contributed by atoms with E-state index in [4.69, 9.17) is 19.2 Å². The van der Waals surface area contributed by atoms with Crippen LogP contribution in [0.25, 0.3) is 11.4 Å². The van der Waals surface area contributed by atoms with Gasteiger partial charge in [-0.25, -0.2) is 4.98 Å². The number of hydrogen-bond acceptors (Lipinski definition) is 7. The largest absolute Gasteiger partial charge is 0.497 e. The zero-order valence-electron chi connectivity index (χ0n) is 17.6. The van der Waals surface area contributed by atoms with Crippen molar-refractivity contribution in [1.82, 2.24) is 15.3 Å². The number of fused-ring (bicyclic) bond motifs is 1. The van der Waals surface area contributed by atoms with E-state index in [1.54, 1.807) is 13.3 Å². The van der Waals surface area contributed by atoms with Crippen LogP contribution in [-0.4, -0.2) is 42.8 Å². The third kappa shape index (κ3) is 4.41. The Morgan fingerprint density at radius 2 is 2.03 bits per heavy atom. The van der Waals surface area contributed by atoms with Crippen LogP contribution in [0.3, 0.4) is 0 Å². The van der Waals surface area contributed by atoms with E-state index in [0.29, 0.717) is 23.5 Å². The maximum Gasteiger partial charge on any atom is 0.246 e. The Bertz CT molecular complexity index is 1050. The van der Waals surface area contributed by atoms with Gasteiger partial charge in [-0.1, -0.05) is 0 Å². The Morgan fingerprint density at radius 3 is 2.84 bits per heavy atom. The summed E-state index contributed by atoms with van der Waals surface area (Å²) in [7, 11) is 1.65. The summed E-state index contributed by atoms with van der Waals surface area (Å²) in [6, 6.07) is 14.0. The molecule has 0 amide bonds. The number of anilines is 1. The van der Waals surface area contributed by atoms with Gasteiger partial charge in [0.15, 0.2) is 5.82 Å². The summed E-state index contributed by atoms with van der Waals surface area (Å²) in [6.07, 6.45) is 5.09. The van der Waals surface area contributed by atoms with Gasteiger partial charge in [0.1, 0.15) is 22.9 Å². The topological polar surface area (TPSA) is 77.5 Å². The predicted molar refractivity (Wildman–Crippen MR) is 119 cm³/mol. The SMILES string of the molecule is COc1ccc(Oc2nc(-c3ccc4c(c3)CCO4)ncc2NC[C@@H]2CCCN2)cc1. The van der Waals surface area contributed by atoms with Crippen molar-refractivity contribution < 1.29 is 14.2 Å². The molecule has 0 unspecified atom stereocenters. The highest BCUT2D eigenvalue weighted by Crippen LogP contribution is 2.33. The standard InChI is InChI=1S/C24H26N4O3/c1-29-19-5-7-20(8-6-19)31-24-21(26-14-18-3-2-11-25-18)15-27-23(28-24)17-4-9-22-16(13-17)10-12-30-22/h4-9,13,15,18,25-26H,2-3,10-12,14H2,1H3/t18-/m0/s1. The molecule has 2 aliphatic heterocycles. The van der Waals surface area contributed by atoms with E-state index in [1.807, 2.05) is 36.4 Å². The molecule has 0 saturated carbocycles. The first kappa shape index (κ1) is 19.6. The van der Waals surface area contributed by atoms with E-state index < -0.39 is 0 Å². The van der Waals surface area contributed by atoms with Gasteiger partial charge in [0.25, 0.3) is 0 Å². The first-order chi connectivity index (χ1) is 15.3. The van der Waals surface area contributed by atoms with Gasteiger partial charge in [-0.05, 0) is 67.4 Å². The molecular weight excluding hydrogens is 392 g/mol. The maximum absolute atomic E-state index is 6.16. The van der Waals surface area contributed by atoms with Crippen LogP contribution in [0.4, 0.5) is 5.69 Å². The Balaban J connectivity index is 1.43. The van der Waals surface area contributed by atoms with Crippen molar-refractivity contribution in [3.63, 3.8) is 0 Å². The average Bonchev–Trinajstić information content (AvgIpc) is 3.50. The van der Waals surface area contributed by atoms with E-state index in [-0.39, 0.29) is 0 Å². The lowest BCUT2D eigenvalue weighted by molar-refractivity contribution is 0.357. The van der Waals surface area contributed by atoms with Gasteiger partial charge < -0.3 is 24.8 Å². The highest BCUT2D eigenvalue weighted by Gasteiger charge is 2.18. The summed E-state index contributed by atoms with van der Waals surface area (Å²) < 4.78 is 17.0. The third-order valence-corrected chi connectivity index (χ3v) is 5.68. The van der Waals surface area contributed by atoms with Crippen molar-refractivity contribution in [2.24, 2.45) is 0 Å². The zero-order valence-corrected chi connectivity index (χ0v) is 17.6. The molecule has 1 fully saturated rings. The van der Waals surface area contributed by atoms with Crippen LogP contribution < -0.4 is 24.8 Å². The van der Waals surface area contributed by atoms with Crippen LogP contribution in [0, 0.1) is 0 Å². The summed E-state index contributed by atoms with van der Waals surface area (Å²) in [6.45, 7) is 2.60. The van der Waals surface area contributed by atoms with Crippen molar-refractivity contribution >= 4 is 5.69 Å². The number of ether oxygens (including phenoxy) is 3. The van der Waals surface area contributed by atoms with Crippen molar-refractivity contribution in [3.05, 3.63) is 54.2 Å². The van der Waals surface area contributed by atoms with Crippen molar-refractivity contribution in [2.45, 2.75) is 25.3 Å². The third-order valence-electron chi connectivity index (χ3n) is 5.68. The van der Waals surface area contributed by atoms with Crippen LogP contribution in [0.15, 0.2) is 48.7 Å². The second-order valence-corrected chi connectivity index (χ2v) is 7.79. The van der Waals surface area contributed by atoms with Gasteiger partial charge in [0.2, 0.25) is 5.88 Å². The summed E-state index contributed by atoms with van der Waals surface area (Å²) >= 11 is 0. The van der Waals surface area contributed by atoms with E-state index in [0.717, 1.165) is 55.3 Å². The first-order valence-corrected chi connectivity index (χ1v) is 10.7. The maximum atomic E-state index is 6.16. The highest BCUT2D eigenvalue weighted by atomic mass is 16.5. The van der Waals surface area contributed by atoms with Gasteiger partial charge in [0, 0.05) is 24.6 Å². The normalized spacial score (nSPS) is 17.1. The monoisotopic (exact) mass is 418 g/mol. The van der Waals surface area contributed by atoms with E-state index in [1.165, 1.54) is 12.0 Å². The Kier molecular flexibility index (Phi) is 5.58. The van der Waals surface area contributed by atoms with Crippen LogP contribution in [0.2, 0.25) is 0 Å². The number of hydrogen-bond donors (Lipinski definition) is 2. The summed E-state index contributed by atoms with van der Waals surface area (Å²) in [5.41, 5.74) is 2.92. The van der Waals surface area contributed by atoms with Crippen LogP contribution in [-0.2, 0) is 6.42 Å². The highest BCUT2D eigenvalue weighted by molar-refractivity contribution is 5.63. The molecule has 0 spiro atoms. The minimum atomic E-state index is 0.449. The van der Waals surface area contributed by atoms with Gasteiger partial charge in [-0.3, -0.25) is 0 Å². The number of nitrogens with one attached hydrogen (secondary N) is 2. The van der Waals surface area contributed by atoms with Gasteiger partial charge in [-0.2, -0.15) is 4.98 Å². The van der Waals surface area contributed by atoms with Crippen LogP contribution >= 0.6 is 0 Å².